The Hall–Kier alpha value is -1.07. The van der Waals surface area contributed by atoms with Crippen LogP contribution in [0.1, 0.15) is 30.0 Å². The Morgan fingerprint density at radius 2 is 1.94 bits per heavy atom. The lowest BCUT2D eigenvalue weighted by molar-refractivity contribution is -0.0588. The number of halogens is 1. The molecule has 100 valence electrons. The monoisotopic (exact) mass is 271 g/mol. The number of aryl methyl sites for hydroxylation is 2. The number of carbonyl (C=O) groups excluding carboxylic acids is 1. The molecule has 2 rings (SSSR count). The average Bonchev–Trinajstić information content (AvgIpc) is 2.51. The van der Waals surface area contributed by atoms with E-state index in [4.69, 9.17) is 16.3 Å². The van der Waals surface area contributed by atoms with Gasteiger partial charge in [-0.25, -0.2) is 0 Å². The molecule has 1 aromatic rings. The van der Waals surface area contributed by atoms with E-state index in [0.717, 1.165) is 0 Å². The second kappa shape index (κ2) is 4.90. The fourth-order valence-corrected chi connectivity index (χ4v) is 2.60. The second-order valence-electron chi connectivity index (χ2n) is 4.84. The molecule has 0 radical (unpaired) electrons. The van der Waals surface area contributed by atoms with Crippen molar-refractivity contribution in [1.29, 1.82) is 0 Å². The smallest absolute Gasteiger partial charge is 0.273 e. The van der Waals surface area contributed by atoms with Crippen molar-refractivity contribution in [3.63, 3.8) is 0 Å². The molecule has 1 fully saturated rings. The van der Waals surface area contributed by atoms with Gasteiger partial charge in [-0.1, -0.05) is 11.6 Å². The van der Waals surface area contributed by atoms with Crippen LogP contribution in [0, 0.1) is 6.92 Å². The molecule has 1 aliphatic rings. The second-order valence-corrected chi connectivity index (χ2v) is 5.22. The highest BCUT2D eigenvalue weighted by atomic mass is 35.5. The van der Waals surface area contributed by atoms with Crippen molar-refractivity contribution in [3.8, 4) is 0 Å². The van der Waals surface area contributed by atoms with E-state index in [9.17, 15) is 4.79 Å². The molecule has 2 atom stereocenters. The zero-order chi connectivity index (χ0) is 13.4. The van der Waals surface area contributed by atoms with Crippen molar-refractivity contribution in [1.82, 2.24) is 14.7 Å². The van der Waals surface area contributed by atoms with E-state index in [-0.39, 0.29) is 18.1 Å². The third kappa shape index (κ3) is 2.37. The first-order valence-electron chi connectivity index (χ1n) is 6.04. The van der Waals surface area contributed by atoms with E-state index in [0.29, 0.717) is 29.5 Å². The maximum Gasteiger partial charge on any atom is 0.273 e. The minimum absolute atomic E-state index is 0.0470. The SMILES string of the molecule is Cc1nn(C)c(C(=O)N2C[C@@H](C)O[C@H](C)C2)c1Cl. The molecule has 0 saturated carbocycles. The summed E-state index contributed by atoms with van der Waals surface area (Å²) in [4.78, 5) is 14.2. The van der Waals surface area contributed by atoms with E-state index in [1.807, 2.05) is 13.8 Å². The third-order valence-electron chi connectivity index (χ3n) is 3.06. The van der Waals surface area contributed by atoms with Gasteiger partial charge in [-0.15, -0.1) is 0 Å². The van der Waals surface area contributed by atoms with Crippen molar-refractivity contribution in [2.75, 3.05) is 13.1 Å². The first-order chi connectivity index (χ1) is 8.40. The molecular weight excluding hydrogens is 254 g/mol. The number of carbonyl (C=O) groups is 1. The molecule has 1 amide bonds. The van der Waals surface area contributed by atoms with Crippen LogP contribution < -0.4 is 0 Å². The van der Waals surface area contributed by atoms with Gasteiger partial charge in [0.05, 0.1) is 22.9 Å². The van der Waals surface area contributed by atoms with Crippen molar-refractivity contribution in [3.05, 3.63) is 16.4 Å². The van der Waals surface area contributed by atoms with Gasteiger partial charge in [0.1, 0.15) is 5.69 Å². The molecule has 0 aliphatic carbocycles. The van der Waals surface area contributed by atoms with E-state index < -0.39 is 0 Å². The Morgan fingerprint density at radius 3 is 2.39 bits per heavy atom. The molecule has 1 saturated heterocycles. The van der Waals surface area contributed by atoms with Crippen molar-refractivity contribution < 1.29 is 9.53 Å². The van der Waals surface area contributed by atoms with E-state index in [1.165, 1.54) is 0 Å². The topological polar surface area (TPSA) is 47.4 Å². The maximum absolute atomic E-state index is 12.5. The molecule has 6 heteroatoms. The van der Waals surface area contributed by atoms with Crippen LogP contribution >= 0.6 is 11.6 Å². The largest absolute Gasteiger partial charge is 0.372 e. The van der Waals surface area contributed by atoms with Crippen LogP contribution in [0.25, 0.3) is 0 Å². The highest BCUT2D eigenvalue weighted by Crippen LogP contribution is 2.22. The molecule has 0 unspecified atom stereocenters. The maximum atomic E-state index is 12.5. The Morgan fingerprint density at radius 1 is 1.39 bits per heavy atom. The predicted molar refractivity (Wildman–Crippen MR) is 68.9 cm³/mol. The summed E-state index contributed by atoms with van der Waals surface area (Å²) in [7, 11) is 1.74. The number of amides is 1. The summed E-state index contributed by atoms with van der Waals surface area (Å²) >= 11 is 6.14. The Balaban J connectivity index is 2.25. The molecule has 5 nitrogen and oxygen atoms in total. The summed E-state index contributed by atoms with van der Waals surface area (Å²) in [6.07, 6.45) is 0.0941. The van der Waals surface area contributed by atoms with Gasteiger partial charge in [0.2, 0.25) is 0 Å². The molecular formula is C12H18ClN3O2. The van der Waals surface area contributed by atoms with Gasteiger partial charge in [0.25, 0.3) is 5.91 Å². The fourth-order valence-electron chi connectivity index (χ4n) is 2.36. The fraction of sp³-hybridized carbons (Fsp3) is 0.667. The number of rotatable bonds is 1. The summed E-state index contributed by atoms with van der Waals surface area (Å²) in [5, 5.41) is 4.61. The van der Waals surface area contributed by atoms with Crippen LogP contribution in [-0.2, 0) is 11.8 Å². The summed E-state index contributed by atoms with van der Waals surface area (Å²) < 4.78 is 7.17. The number of hydrogen-bond acceptors (Lipinski definition) is 3. The van der Waals surface area contributed by atoms with Crippen LogP contribution in [0.2, 0.25) is 5.02 Å². The lowest BCUT2D eigenvalue weighted by atomic mass is 10.2. The summed E-state index contributed by atoms with van der Waals surface area (Å²) in [6, 6.07) is 0. The third-order valence-corrected chi connectivity index (χ3v) is 3.51. The first-order valence-corrected chi connectivity index (χ1v) is 6.41. The lowest BCUT2D eigenvalue weighted by Crippen LogP contribution is -2.48. The van der Waals surface area contributed by atoms with Gasteiger partial charge < -0.3 is 9.64 Å². The normalized spacial score (nSPS) is 24.4. The highest BCUT2D eigenvalue weighted by molar-refractivity contribution is 6.34. The molecule has 0 aromatic carbocycles. The van der Waals surface area contributed by atoms with E-state index in [1.54, 1.807) is 23.6 Å². The zero-order valence-corrected chi connectivity index (χ0v) is 11.9. The summed E-state index contributed by atoms with van der Waals surface area (Å²) in [5.41, 5.74) is 1.13. The van der Waals surface area contributed by atoms with Crippen molar-refractivity contribution in [2.45, 2.75) is 33.0 Å². The van der Waals surface area contributed by atoms with Crippen LogP contribution in [0.3, 0.4) is 0 Å². The van der Waals surface area contributed by atoms with Crippen LogP contribution in [0.5, 0.6) is 0 Å². The summed E-state index contributed by atoms with van der Waals surface area (Å²) in [5.74, 6) is -0.0786. The number of hydrogen-bond donors (Lipinski definition) is 0. The lowest BCUT2D eigenvalue weighted by Gasteiger charge is -2.35. The first kappa shape index (κ1) is 13.4. The Bertz CT molecular complexity index is 462. The zero-order valence-electron chi connectivity index (χ0n) is 11.1. The highest BCUT2D eigenvalue weighted by Gasteiger charge is 2.30. The molecule has 2 heterocycles. The number of morpholine rings is 1. The van der Waals surface area contributed by atoms with Crippen molar-refractivity contribution in [2.24, 2.45) is 7.05 Å². The van der Waals surface area contributed by atoms with Gasteiger partial charge in [-0.05, 0) is 20.8 Å². The van der Waals surface area contributed by atoms with E-state index >= 15 is 0 Å². The molecule has 0 bridgehead atoms. The number of nitrogens with zero attached hydrogens (tertiary/aromatic N) is 3. The molecule has 18 heavy (non-hydrogen) atoms. The van der Waals surface area contributed by atoms with Crippen LogP contribution in [-0.4, -0.2) is 45.9 Å². The minimum Gasteiger partial charge on any atom is -0.372 e. The Kier molecular flexibility index (Phi) is 3.64. The van der Waals surface area contributed by atoms with Gasteiger partial charge in [-0.2, -0.15) is 5.10 Å². The van der Waals surface area contributed by atoms with E-state index in [2.05, 4.69) is 5.10 Å². The quantitative estimate of drug-likeness (QED) is 0.780. The van der Waals surface area contributed by atoms with Gasteiger partial charge in [0.15, 0.2) is 0 Å². The number of ether oxygens (including phenoxy) is 1. The molecule has 0 N–H and O–H groups in total. The van der Waals surface area contributed by atoms with Crippen LogP contribution in [0.4, 0.5) is 0 Å². The number of aromatic nitrogens is 2. The average molecular weight is 272 g/mol. The van der Waals surface area contributed by atoms with Crippen LogP contribution in [0.15, 0.2) is 0 Å². The Labute approximate surface area is 112 Å². The predicted octanol–water partition coefficient (Wildman–Crippen LogP) is 1.63. The molecule has 0 spiro atoms. The van der Waals surface area contributed by atoms with Gasteiger partial charge >= 0.3 is 0 Å². The van der Waals surface area contributed by atoms with Crippen molar-refractivity contribution >= 4 is 17.5 Å². The molecule has 1 aliphatic heterocycles. The van der Waals surface area contributed by atoms with Gasteiger partial charge in [0, 0.05) is 20.1 Å². The minimum atomic E-state index is -0.0786. The molecule has 1 aromatic heterocycles. The standard InChI is InChI=1S/C12H18ClN3O2/c1-7-5-16(6-8(2)18-7)12(17)11-10(13)9(3)14-15(11)4/h7-8H,5-6H2,1-4H3/t7-,8-/m1/s1. The summed E-state index contributed by atoms with van der Waals surface area (Å²) in [6.45, 7) is 6.90. The van der Waals surface area contributed by atoms with Gasteiger partial charge in [-0.3, -0.25) is 9.48 Å².